The van der Waals surface area contributed by atoms with Crippen LogP contribution in [-0.4, -0.2) is 11.5 Å². The molecule has 0 unspecified atom stereocenters. The summed E-state index contributed by atoms with van der Waals surface area (Å²) in [6.07, 6.45) is 0.510. The first-order valence-electron chi connectivity index (χ1n) is 6.20. The van der Waals surface area contributed by atoms with E-state index in [2.05, 4.69) is 15.9 Å². The van der Waals surface area contributed by atoms with Crippen LogP contribution in [0.25, 0.3) is 0 Å². The van der Waals surface area contributed by atoms with Gasteiger partial charge in [0.1, 0.15) is 5.75 Å². The average molecular weight is 336 g/mol. The zero-order chi connectivity index (χ0) is 14.4. The summed E-state index contributed by atoms with van der Waals surface area (Å²) in [5, 5.41) is 11.7. The van der Waals surface area contributed by atoms with Gasteiger partial charge in [-0.1, -0.05) is 46.3 Å². The van der Waals surface area contributed by atoms with Gasteiger partial charge in [-0.3, -0.25) is 10.1 Å². The predicted octanol–water partition coefficient (Wildman–Crippen LogP) is 4.11. The zero-order valence-electron chi connectivity index (χ0n) is 10.8. The smallest absolute Gasteiger partial charge is 0.272 e. The molecule has 0 aromatic heterocycles. The van der Waals surface area contributed by atoms with Crippen molar-refractivity contribution in [3.8, 4) is 5.75 Å². The lowest BCUT2D eigenvalue weighted by Gasteiger charge is -2.07. The van der Waals surface area contributed by atoms with Crippen LogP contribution in [0.5, 0.6) is 5.75 Å². The molecule has 0 amide bonds. The van der Waals surface area contributed by atoms with E-state index in [-0.39, 0.29) is 10.6 Å². The van der Waals surface area contributed by atoms with Gasteiger partial charge in [0.25, 0.3) is 5.69 Å². The van der Waals surface area contributed by atoms with Crippen LogP contribution in [0.2, 0.25) is 0 Å². The van der Waals surface area contributed by atoms with Gasteiger partial charge in [-0.05, 0) is 17.7 Å². The number of ether oxygens (including phenoxy) is 1. The van der Waals surface area contributed by atoms with E-state index in [1.165, 1.54) is 6.07 Å². The van der Waals surface area contributed by atoms with Crippen molar-refractivity contribution in [1.29, 1.82) is 0 Å². The Morgan fingerprint density at radius 1 is 1.15 bits per heavy atom. The lowest BCUT2D eigenvalue weighted by atomic mass is 10.1. The van der Waals surface area contributed by atoms with Crippen LogP contribution >= 0.6 is 15.9 Å². The molecule has 0 fully saturated rings. The summed E-state index contributed by atoms with van der Waals surface area (Å²) in [5.41, 5.74) is 1.97. The van der Waals surface area contributed by atoms with Crippen LogP contribution in [0.3, 0.4) is 0 Å². The average Bonchev–Trinajstić information content (AvgIpc) is 2.48. The highest BCUT2D eigenvalue weighted by molar-refractivity contribution is 9.08. The molecule has 20 heavy (non-hydrogen) atoms. The highest BCUT2D eigenvalue weighted by atomic mass is 79.9. The van der Waals surface area contributed by atoms with Crippen LogP contribution in [0.1, 0.15) is 11.1 Å². The topological polar surface area (TPSA) is 52.4 Å². The molecule has 2 aromatic carbocycles. The van der Waals surface area contributed by atoms with Crippen molar-refractivity contribution in [2.24, 2.45) is 0 Å². The highest BCUT2D eigenvalue weighted by Crippen LogP contribution is 2.19. The van der Waals surface area contributed by atoms with Gasteiger partial charge < -0.3 is 4.74 Å². The fraction of sp³-hybridized carbons (Fsp3) is 0.200. The van der Waals surface area contributed by atoms with E-state index in [1.54, 1.807) is 18.2 Å². The van der Waals surface area contributed by atoms with Crippen molar-refractivity contribution in [2.75, 3.05) is 6.61 Å². The summed E-state index contributed by atoms with van der Waals surface area (Å²) in [6, 6.07) is 14.5. The Morgan fingerprint density at radius 2 is 1.95 bits per heavy atom. The number of hydrogen-bond donors (Lipinski definition) is 0. The third kappa shape index (κ3) is 3.81. The third-order valence-corrected chi connectivity index (χ3v) is 3.53. The first-order valence-corrected chi connectivity index (χ1v) is 7.33. The van der Waals surface area contributed by atoms with Gasteiger partial charge in [-0.2, -0.15) is 0 Å². The SMILES string of the molecule is O=[N+]([O-])c1ccccc1CCOc1cccc(CBr)c1. The van der Waals surface area contributed by atoms with Crippen molar-refractivity contribution >= 4 is 21.6 Å². The number of halogens is 1. The Bertz CT molecular complexity index is 601. The Hall–Kier alpha value is -1.88. The first-order chi connectivity index (χ1) is 9.70. The second-order valence-electron chi connectivity index (χ2n) is 4.27. The lowest BCUT2D eigenvalue weighted by Crippen LogP contribution is -2.04. The molecule has 104 valence electrons. The summed E-state index contributed by atoms with van der Waals surface area (Å²) in [7, 11) is 0. The summed E-state index contributed by atoms with van der Waals surface area (Å²) >= 11 is 3.39. The lowest BCUT2D eigenvalue weighted by molar-refractivity contribution is -0.385. The molecule has 0 saturated heterocycles. The quantitative estimate of drug-likeness (QED) is 0.453. The van der Waals surface area contributed by atoms with E-state index >= 15 is 0 Å². The van der Waals surface area contributed by atoms with Gasteiger partial charge in [0.05, 0.1) is 11.5 Å². The molecule has 0 aliphatic heterocycles. The molecule has 2 aromatic rings. The molecule has 2 rings (SSSR count). The van der Waals surface area contributed by atoms with Gasteiger partial charge in [-0.25, -0.2) is 0 Å². The second kappa shape index (κ2) is 7.05. The fourth-order valence-corrected chi connectivity index (χ4v) is 2.25. The molecule has 0 spiro atoms. The van der Waals surface area contributed by atoms with Crippen LogP contribution in [0, 0.1) is 10.1 Å². The molecule has 0 aliphatic rings. The minimum Gasteiger partial charge on any atom is -0.493 e. The van der Waals surface area contributed by atoms with Crippen LogP contribution in [0.15, 0.2) is 48.5 Å². The summed E-state index contributed by atoms with van der Waals surface area (Å²) < 4.78 is 5.64. The molecule has 0 radical (unpaired) electrons. The molecule has 5 heteroatoms. The Balaban J connectivity index is 1.97. The minimum absolute atomic E-state index is 0.144. The Morgan fingerprint density at radius 3 is 2.70 bits per heavy atom. The van der Waals surface area contributed by atoms with Crippen molar-refractivity contribution in [1.82, 2.24) is 0 Å². The molecular formula is C15H14BrNO3. The van der Waals surface area contributed by atoms with E-state index in [9.17, 15) is 10.1 Å². The van der Waals surface area contributed by atoms with E-state index in [1.807, 2.05) is 24.3 Å². The Labute approximate surface area is 125 Å². The monoisotopic (exact) mass is 335 g/mol. The van der Waals surface area contributed by atoms with E-state index < -0.39 is 0 Å². The maximum atomic E-state index is 10.9. The second-order valence-corrected chi connectivity index (χ2v) is 4.83. The third-order valence-electron chi connectivity index (χ3n) is 2.88. The highest BCUT2D eigenvalue weighted by Gasteiger charge is 2.11. The number of alkyl halides is 1. The van der Waals surface area contributed by atoms with E-state index in [4.69, 9.17) is 4.74 Å². The van der Waals surface area contributed by atoms with E-state index in [0.717, 1.165) is 16.6 Å². The molecule has 0 bridgehead atoms. The molecule has 0 N–H and O–H groups in total. The molecule has 0 heterocycles. The molecule has 0 aliphatic carbocycles. The van der Waals surface area contributed by atoms with Crippen molar-refractivity contribution in [3.63, 3.8) is 0 Å². The number of nitro groups is 1. The first kappa shape index (κ1) is 14.5. The molecule has 0 saturated carbocycles. The van der Waals surface area contributed by atoms with Gasteiger partial charge in [-0.15, -0.1) is 0 Å². The number of benzene rings is 2. The number of nitrogens with zero attached hydrogens (tertiary/aromatic N) is 1. The standard InChI is InChI=1S/C15H14BrNO3/c16-11-12-4-3-6-14(10-12)20-9-8-13-5-1-2-7-15(13)17(18)19/h1-7,10H,8-9,11H2. The van der Waals surface area contributed by atoms with E-state index in [0.29, 0.717) is 18.6 Å². The summed E-state index contributed by atoms with van der Waals surface area (Å²) in [6.45, 7) is 0.413. The molecular weight excluding hydrogens is 322 g/mol. The largest absolute Gasteiger partial charge is 0.493 e. The van der Waals surface area contributed by atoms with Crippen molar-refractivity contribution < 1.29 is 9.66 Å². The summed E-state index contributed by atoms with van der Waals surface area (Å²) in [4.78, 5) is 10.5. The van der Waals surface area contributed by atoms with Gasteiger partial charge >= 0.3 is 0 Å². The number of hydrogen-bond acceptors (Lipinski definition) is 3. The van der Waals surface area contributed by atoms with Crippen molar-refractivity contribution in [2.45, 2.75) is 11.8 Å². The maximum absolute atomic E-state index is 10.9. The van der Waals surface area contributed by atoms with Gasteiger partial charge in [0.2, 0.25) is 0 Å². The van der Waals surface area contributed by atoms with Crippen LogP contribution in [0.4, 0.5) is 5.69 Å². The van der Waals surface area contributed by atoms with Gasteiger partial charge in [0, 0.05) is 23.4 Å². The number of para-hydroxylation sites is 1. The normalized spacial score (nSPS) is 10.2. The molecule has 4 nitrogen and oxygen atoms in total. The Kier molecular flexibility index (Phi) is 5.12. The number of rotatable bonds is 6. The van der Waals surface area contributed by atoms with Crippen LogP contribution in [-0.2, 0) is 11.8 Å². The van der Waals surface area contributed by atoms with Gasteiger partial charge in [0.15, 0.2) is 0 Å². The minimum atomic E-state index is -0.360. The summed E-state index contributed by atoms with van der Waals surface area (Å²) in [5.74, 6) is 0.778. The zero-order valence-corrected chi connectivity index (χ0v) is 12.4. The molecule has 0 atom stereocenters. The number of nitro benzene ring substituents is 1. The maximum Gasteiger partial charge on any atom is 0.272 e. The van der Waals surface area contributed by atoms with Crippen molar-refractivity contribution in [3.05, 3.63) is 69.8 Å². The predicted molar refractivity (Wildman–Crippen MR) is 81.4 cm³/mol. The van der Waals surface area contributed by atoms with Crippen LogP contribution < -0.4 is 4.74 Å². The fourth-order valence-electron chi connectivity index (χ4n) is 1.90.